The summed E-state index contributed by atoms with van der Waals surface area (Å²) in [7, 11) is 2.67. The number of hydrogen-bond acceptors (Lipinski definition) is 12. The number of ether oxygens (including phenoxy) is 4. The van der Waals surface area contributed by atoms with E-state index >= 15 is 0 Å². The van der Waals surface area contributed by atoms with Crippen molar-refractivity contribution in [2.24, 2.45) is 23.7 Å². The summed E-state index contributed by atoms with van der Waals surface area (Å²) in [5, 5.41) is 23.7. The Morgan fingerprint density at radius 2 is 1.12 bits per heavy atom. The van der Waals surface area contributed by atoms with Gasteiger partial charge in [0, 0.05) is 19.7 Å². The van der Waals surface area contributed by atoms with Crippen LogP contribution in [0.2, 0.25) is 0 Å². The summed E-state index contributed by atoms with van der Waals surface area (Å²) in [6.45, 7) is 8.87. The molecule has 1 aliphatic carbocycles. The lowest BCUT2D eigenvalue weighted by molar-refractivity contribution is -0.155. The standard InChI is InChI=1S/C18H33NO5.C11H21NO5/c1-13(2)10-16(19-9-8-17(21)23-3)18(22)24-12-15-6-4-14(11-20)5-7-15;1-8(2)6-9(11(15)17-7-13)12-5-4-10(14)16-3/h13-16,19-20H,4-12H2,1-3H3;8-9,12-13H,4-7H2,1-3H3. The minimum Gasteiger partial charge on any atom is -0.469 e. The number of aliphatic hydroxyl groups excluding tert-OH is 2. The molecule has 12 nitrogen and oxygen atoms in total. The third-order valence-corrected chi connectivity index (χ3v) is 6.77. The number of carbonyl (C=O) groups excluding carboxylic acids is 4. The topological polar surface area (TPSA) is 170 Å². The van der Waals surface area contributed by atoms with Crippen molar-refractivity contribution in [3.05, 3.63) is 0 Å². The van der Waals surface area contributed by atoms with E-state index in [9.17, 15) is 19.2 Å². The van der Waals surface area contributed by atoms with E-state index in [0.29, 0.717) is 56.2 Å². The summed E-state index contributed by atoms with van der Waals surface area (Å²) in [6, 6.07) is -0.893. The van der Waals surface area contributed by atoms with E-state index in [0.717, 1.165) is 25.7 Å². The van der Waals surface area contributed by atoms with Gasteiger partial charge in [-0.3, -0.25) is 19.2 Å². The number of rotatable bonds is 18. The lowest BCUT2D eigenvalue weighted by atomic mass is 9.83. The molecule has 240 valence electrons. The average molecular weight is 591 g/mol. The first kappa shape index (κ1) is 38.7. The van der Waals surface area contributed by atoms with Gasteiger partial charge < -0.3 is 39.8 Å². The van der Waals surface area contributed by atoms with Gasteiger partial charge in [0.05, 0.1) is 33.7 Å². The summed E-state index contributed by atoms with van der Waals surface area (Å²) in [6.07, 6.45) is 5.71. The lowest BCUT2D eigenvalue weighted by Gasteiger charge is -2.27. The Hall–Kier alpha value is -2.28. The lowest BCUT2D eigenvalue weighted by Crippen LogP contribution is -2.41. The summed E-state index contributed by atoms with van der Waals surface area (Å²) in [5.41, 5.74) is 0. The molecule has 0 bridgehead atoms. The van der Waals surface area contributed by atoms with Gasteiger partial charge in [0.2, 0.25) is 0 Å². The second-order valence-electron chi connectivity index (χ2n) is 11.2. The fraction of sp³-hybridized carbons (Fsp3) is 0.862. The van der Waals surface area contributed by atoms with Crippen LogP contribution in [-0.4, -0.2) is 93.5 Å². The van der Waals surface area contributed by atoms with Crippen LogP contribution < -0.4 is 10.6 Å². The Balaban J connectivity index is 0.000000831. The van der Waals surface area contributed by atoms with E-state index in [1.165, 1.54) is 14.2 Å². The number of aliphatic hydroxyl groups is 2. The molecule has 0 aliphatic heterocycles. The van der Waals surface area contributed by atoms with Gasteiger partial charge in [-0.15, -0.1) is 0 Å². The summed E-state index contributed by atoms with van der Waals surface area (Å²) < 4.78 is 19.1. The zero-order valence-electron chi connectivity index (χ0n) is 25.8. The Bertz CT molecular complexity index is 739. The third kappa shape index (κ3) is 19.5. The Labute approximate surface area is 245 Å². The number of nitrogens with one attached hydrogen (secondary N) is 2. The molecule has 0 aromatic carbocycles. The average Bonchev–Trinajstić information content (AvgIpc) is 2.94. The van der Waals surface area contributed by atoms with Crippen LogP contribution >= 0.6 is 0 Å². The highest BCUT2D eigenvalue weighted by Crippen LogP contribution is 2.28. The maximum Gasteiger partial charge on any atom is 0.325 e. The monoisotopic (exact) mass is 590 g/mol. The molecule has 2 unspecified atom stereocenters. The molecule has 0 spiro atoms. The zero-order valence-corrected chi connectivity index (χ0v) is 25.8. The molecule has 0 aromatic rings. The van der Waals surface area contributed by atoms with E-state index < -0.39 is 18.8 Å². The smallest absolute Gasteiger partial charge is 0.325 e. The Kier molecular flexibility index (Phi) is 22.0. The molecule has 12 heteroatoms. The van der Waals surface area contributed by atoms with E-state index in [1.807, 2.05) is 13.8 Å². The molecule has 0 heterocycles. The molecule has 0 radical (unpaired) electrons. The van der Waals surface area contributed by atoms with Crippen LogP contribution in [-0.2, 0) is 38.1 Å². The van der Waals surface area contributed by atoms with Gasteiger partial charge in [0.25, 0.3) is 0 Å². The van der Waals surface area contributed by atoms with Crippen LogP contribution in [0.1, 0.15) is 79.1 Å². The van der Waals surface area contributed by atoms with Gasteiger partial charge in [-0.2, -0.15) is 0 Å². The van der Waals surface area contributed by atoms with Crippen molar-refractivity contribution in [2.45, 2.75) is 91.1 Å². The SMILES string of the molecule is COC(=O)CCNC(CC(C)C)C(=O)OCC1CCC(CO)CC1.COC(=O)CCNC(CC(C)C)C(=O)OCO. The molecule has 4 N–H and O–H groups in total. The summed E-state index contributed by atoms with van der Waals surface area (Å²) in [4.78, 5) is 45.9. The van der Waals surface area contributed by atoms with Gasteiger partial charge in [-0.25, -0.2) is 0 Å². The Morgan fingerprint density at radius 1 is 0.707 bits per heavy atom. The molecule has 1 rings (SSSR count). The molecule has 41 heavy (non-hydrogen) atoms. The van der Waals surface area contributed by atoms with Crippen molar-refractivity contribution in [3.63, 3.8) is 0 Å². The minimum atomic E-state index is -0.633. The first-order valence-electron chi connectivity index (χ1n) is 14.6. The normalized spacial score (nSPS) is 18.1. The van der Waals surface area contributed by atoms with Crippen LogP contribution in [0, 0.1) is 23.7 Å². The number of methoxy groups -OCH3 is 2. The highest BCUT2D eigenvalue weighted by Gasteiger charge is 2.25. The molecule has 0 aromatic heterocycles. The van der Waals surface area contributed by atoms with Crippen LogP contribution in [0.5, 0.6) is 0 Å². The Morgan fingerprint density at radius 3 is 1.49 bits per heavy atom. The van der Waals surface area contributed by atoms with E-state index in [-0.39, 0.29) is 43.4 Å². The van der Waals surface area contributed by atoms with Crippen LogP contribution in [0.25, 0.3) is 0 Å². The molecular formula is C29H54N2O10. The molecule has 1 fully saturated rings. The second kappa shape index (κ2) is 23.3. The van der Waals surface area contributed by atoms with Crippen molar-refractivity contribution in [3.8, 4) is 0 Å². The van der Waals surface area contributed by atoms with Crippen molar-refractivity contribution in [1.82, 2.24) is 10.6 Å². The van der Waals surface area contributed by atoms with Crippen LogP contribution in [0.3, 0.4) is 0 Å². The first-order chi connectivity index (χ1) is 19.5. The van der Waals surface area contributed by atoms with Crippen molar-refractivity contribution in [1.29, 1.82) is 0 Å². The molecule has 0 amide bonds. The molecule has 1 aliphatic rings. The van der Waals surface area contributed by atoms with Crippen LogP contribution in [0.15, 0.2) is 0 Å². The number of esters is 4. The second-order valence-corrected chi connectivity index (χ2v) is 11.2. The highest BCUT2D eigenvalue weighted by molar-refractivity contribution is 5.76. The summed E-state index contributed by atoms with van der Waals surface area (Å²) >= 11 is 0. The highest BCUT2D eigenvalue weighted by atomic mass is 16.6. The van der Waals surface area contributed by atoms with Crippen LogP contribution in [0.4, 0.5) is 0 Å². The fourth-order valence-electron chi connectivity index (χ4n) is 4.42. The van der Waals surface area contributed by atoms with Gasteiger partial charge in [-0.05, 0) is 62.2 Å². The third-order valence-electron chi connectivity index (χ3n) is 6.77. The van der Waals surface area contributed by atoms with Crippen molar-refractivity contribution >= 4 is 23.9 Å². The van der Waals surface area contributed by atoms with E-state index in [1.54, 1.807) is 0 Å². The largest absolute Gasteiger partial charge is 0.469 e. The maximum absolute atomic E-state index is 12.3. The maximum atomic E-state index is 12.3. The van der Waals surface area contributed by atoms with Crippen molar-refractivity contribution in [2.75, 3.05) is 47.3 Å². The van der Waals surface area contributed by atoms with E-state index in [2.05, 4.69) is 38.7 Å². The molecule has 1 saturated carbocycles. The van der Waals surface area contributed by atoms with Gasteiger partial charge in [0.1, 0.15) is 12.1 Å². The van der Waals surface area contributed by atoms with E-state index in [4.69, 9.17) is 14.9 Å². The predicted octanol–water partition coefficient (Wildman–Crippen LogP) is 1.94. The molecule has 2 atom stereocenters. The van der Waals surface area contributed by atoms with Gasteiger partial charge >= 0.3 is 23.9 Å². The summed E-state index contributed by atoms with van der Waals surface area (Å²) in [5.74, 6) is 0.0854. The number of carbonyl (C=O) groups is 4. The quantitative estimate of drug-likeness (QED) is 0.104. The van der Waals surface area contributed by atoms with Crippen molar-refractivity contribution < 1.29 is 48.3 Å². The first-order valence-corrected chi connectivity index (χ1v) is 14.6. The minimum absolute atomic E-state index is 0.192. The predicted molar refractivity (Wildman–Crippen MR) is 152 cm³/mol. The van der Waals surface area contributed by atoms with Gasteiger partial charge in [0.15, 0.2) is 6.79 Å². The molecular weight excluding hydrogens is 536 g/mol. The fourth-order valence-corrected chi connectivity index (χ4v) is 4.42. The molecule has 0 saturated heterocycles. The number of hydrogen-bond donors (Lipinski definition) is 4. The zero-order chi connectivity index (χ0) is 31.2. The van der Waals surface area contributed by atoms with Gasteiger partial charge in [-0.1, -0.05) is 27.7 Å².